The Kier molecular flexibility index (Phi) is 4.78. The molecule has 0 aliphatic carbocycles. The molecule has 7 heteroatoms. The lowest BCUT2D eigenvalue weighted by molar-refractivity contribution is 0.201. The van der Waals surface area contributed by atoms with E-state index in [0.29, 0.717) is 11.5 Å². The molecule has 1 heterocycles. The molecule has 108 valence electrons. The normalized spacial score (nSPS) is 11.4. The number of hydrogen-bond donors (Lipinski definition) is 2. The number of hydrogen-bond acceptors (Lipinski definition) is 5. The summed E-state index contributed by atoms with van der Waals surface area (Å²) in [7, 11) is -3.59. The lowest BCUT2D eigenvalue weighted by Crippen LogP contribution is -2.22. The van der Waals surface area contributed by atoms with E-state index in [2.05, 4.69) is 4.72 Å². The van der Waals surface area contributed by atoms with Crippen LogP contribution in [0.25, 0.3) is 0 Å². The first kappa shape index (κ1) is 14.6. The molecule has 2 rings (SSSR count). The molecule has 2 aromatic rings. The molecule has 2 N–H and O–H groups in total. The van der Waals surface area contributed by atoms with E-state index in [1.165, 1.54) is 30.5 Å². The van der Waals surface area contributed by atoms with Gasteiger partial charge in [0, 0.05) is 0 Å². The number of aliphatic hydroxyl groups is 1. The first-order valence-electron chi connectivity index (χ1n) is 5.97. The van der Waals surface area contributed by atoms with E-state index in [1.54, 1.807) is 12.1 Å². The Balaban J connectivity index is 2.01. The number of benzene rings is 1. The molecule has 0 aliphatic heterocycles. The molecule has 0 unspecified atom stereocenters. The molecule has 0 saturated heterocycles. The predicted octanol–water partition coefficient (Wildman–Crippen LogP) is 1.13. The summed E-state index contributed by atoms with van der Waals surface area (Å²) in [4.78, 5) is 0.139. The van der Waals surface area contributed by atoms with Crippen molar-refractivity contribution in [1.82, 2.24) is 4.72 Å². The maximum Gasteiger partial charge on any atom is 0.240 e. The molecule has 0 saturated carbocycles. The lowest BCUT2D eigenvalue weighted by Gasteiger charge is -2.07. The van der Waals surface area contributed by atoms with Gasteiger partial charge < -0.3 is 14.3 Å². The second-order valence-electron chi connectivity index (χ2n) is 3.95. The molecule has 0 amide bonds. The van der Waals surface area contributed by atoms with Crippen molar-refractivity contribution in [3.63, 3.8) is 0 Å². The Hall–Kier alpha value is -1.83. The Morgan fingerprint density at radius 1 is 1.20 bits per heavy atom. The molecular formula is C13H15NO5S. The molecule has 20 heavy (non-hydrogen) atoms. The Bertz CT molecular complexity index is 619. The molecule has 0 radical (unpaired) electrons. The second kappa shape index (κ2) is 6.56. The van der Waals surface area contributed by atoms with Gasteiger partial charge in [-0.05, 0) is 36.4 Å². The van der Waals surface area contributed by atoms with Crippen LogP contribution in [-0.2, 0) is 16.6 Å². The molecular weight excluding hydrogens is 282 g/mol. The van der Waals surface area contributed by atoms with Gasteiger partial charge in [0.15, 0.2) is 0 Å². The summed E-state index contributed by atoms with van der Waals surface area (Å²) >= 11 is 0. The maximum atomic E-state index is 12.0. The van der Waals surface area contributed by atoms with Crippen molar-refractivity contribution in [3.8, 4) is 5.75 Å². The summed E-state index contributed by atoms with van der Waals surface area (Å²) < 4.78 is 36.7. The zero-order valence-corrected chi connectivity index (χ0v) is 11.5. The van der Waals surface area contributed by atoms with Crippen molar-refractivity contribution < 1.29 is 22.7 Å². The summed E-state index contributed by atoms with van der Waals surface area (Å²) in [5, 5.41) is 8.63. The average molecular weight is 297 g/mol. The van der Waals surface area contributed by atoms with Crippen molar-refractivity contribution in [3.05, 3.63) is 48.4 Å². The molecule has 0 atom stereocenters. The molecule has 0 aliphatic rings. The van der Waals surface area contributed by atoms with Crippen molar-refractivity contribution >= 4 is 10.0 Å². The third kappa shape index (κ3) is 3.83. The van der Waals surface area contributed by atoms with Gasteiger partial charge in [-0.3, -0.25) is 0 Å². The highest BCUT2D eigenvalue weighted by Crippen LogP contribution is 2.16. The number of sulfonamides is 1. The van der Waals surface area contributed by atoms with E-state index < -0.39 is 10.0 Å². The van der Waals surface area contributed by atoms with Crippen LogP contribution in [0.4, 0.5) is 0 Å². The number of aliphatic hydroxyl groups excluding tert-OH is 1. The van der Waals surface area contributed by atoms with Crippen molar-refractivity contribution in [2.75, 3.05) is 13.2 Å². The standard InChI is InChI=1S/C13H15NO5S/c15-7-9-19-11-3-5-13(6-4-11)20(16,17)14-10-12-2-1-8-18-12/h1-6,8,14-15H,7,9-10H2. The highest BCUT2D eigenvalue weighted by molar-refractivity contribution is 7.89. The Morgan fingerprint density at radius 2 is 1.95 bits per heavy atom. The zero-order valence-electron chi connectivity index (χ0n) is 10.7. The minimum Gasteiger partial charge on any atom is -0.491 e. The summed E-state index contributed by atoms with van der Waals surface area (Å²) in [6.45, 7) is 0.172. The highest BCUT2D eigenvalue weighted by atomic mass is 32.2. The van der Waals surface area contributed by atoms with E-state index in [4.69, 9.17) is 14.3 Å². The third-order valence-corrected chi connectivity index (χ3v) is 3.93. The third-order valence-electron chi connectivity index (χ3n) is 2.51. The van der Waals surface area contributed by atoms with Crippen molar-refractivity contribution in [1.29, 1.82) is 0 Å². The van der Waals surface area contributed by atoms with E-state index in [0.717, 1.165) is 0 Å². The van der Waals surface area contributed by atoms with Gasteiger partial charge in [-0.15, -0.1) is 0 Å². The fourth-order valence-electron chi connectivity index (χ4n) is 1.54. The monoisotopic (exact) mass is 297 g/mol. The van der Waals surface area contributed by atoms with Crippen LogP contribution in [0.2, 0.25) is 0 Å². The van der Waals surface area contributed by atoms with E-state index in [9.17, 15) is 8.42 Å². The molecule has 1 aromatic heterocycles. The second-order valence-corrected chi connectivity index (χ2v) is 5.71. The van der Waals surface area contributed by atoms with Gasteiger partial charge in [-0.1, -0.05) is 0 Å². The maximum absolute atomic E-state index is 12.0. The van der Waals surface area contributed by atoms with E-state index >= 15 is 0 Å². The minimum atomic E-state index is -3.59. The van der Waals surface area contributed by atoms with Crippen LogP contribution in [0.15, 0.2) is 52.0 Å². The van der Waals surface area contributed by atoms with Gasteiger partial charge in [-0.25, -0.2) is 13.1 Å². The summed E-state index contributed by atoms with van der Waals surface area (Å²) in [6.07, 6.45) is 1.48. The van der Waals surface area contributed by atoms with Crippen LogP contribution in [0.5, 0.6) is 5.75 Å². The predicted molar refractivity (Wildman–Crippen MR) is 71.8 cm³/mol. The summed E-state index contributed by atoms with van der Waals surface area (Å²) in [5.74, 6) is 1.04. The smallest absolute Gasteiger partial charge is 0.240 e. The van der Waals surface area contributed by atoms with Gasteiger partial charge in [-0.2, -0.15) is 0 Å². The molecule has 6 nitrogen and oxygen atoms in total. The summed E-state index contributed by atoms with van der Waals surface area (Å²) in [5.41, 5.74) is 0. The van der Waals surface area contributed by atoms with Crippen molar-refractivity contribution in [2.24, 2.45) is 0 Å². The van der Waals surface area contributed by atoms with E-state index in [1.807, 2.05) is 0 Å². The van der Waals surface area contributed by atoms with Crippen LogP contribution in [-0.4, -0.2) is 26.7 Å². The van der Waals surface area contributed by atoms with E-state index in [-0.39, 0.29) is 24.7 Å². The molecule has 1 aromatic carbocycles. The fraction of sp³-hybridized carbons (Fsp3) is 0.231. The van der Waals surface area contributed by atoms with Gasteiger partial charge in [0.2, 0.25) is 10.0 Å². The van der Waals surface area contributed by atoms with Crippen LogP contribution < -0.4 is 9.46 Å². The van der Waals surface area contributed by atoms with Crippen LogP contribution in [0.3, 0.4) is 0 Å². The number of rotatable bonds is 7. The largest absolute Gasteiger partial charge is 0.491 e. The quantitative estimate of drug-likeness (QED) is 0.799. The average Bonchev–Trinajstić information content (AvgIpc) is 2.97. The van der Waals surface area contributed by atoms with Crippen LogP contribution >= 0.6 is 0 Å². The fourth-order valence-corrected chi connectivity index (χ4v) is 2.53. The SMILES string of the molecule is O=S(=O)(NCc1ccco1)c1ccc(OCCO)cc1. The number of furan rings is 1. The first-order valence-corrected chi connectivity index (χ1v) is 7.46. The number of nitrogens with one attached hydrogen (secondary N) is 1. The molecule has 0 bridgehead atoms. The zero-order chi connectivity index (χ0) is 14.4. The molecule has 0 fully saturated rings. The number of ether oxygens (including phenoxy) is 1. The Labute approximate surface area is 117 Å². The Morgan fingerprint density at radius 3 is 2.55 bits per heavy atom. The van der Waals surface area contributed by atoms with Crippen molar-refractivity contribution in [2.45, 2.75) is 11.4 Å². The first-order chi connectivity index (χ1) is 9.62. The molecule has 0 spiro atoms. The van der Waals surface area contributed by atoms with Gasteiger partial charge in [0.1, 0.15) is 18.1 Å². The van der Waals surface area contributed by atoms with Gasteiger partial charge in [0.05, 0.1) is 24.3 Å². The highest BCUT2D eigenvalue weighted by Gasteiger charge is 2.14. The van der Waals surface area contributed by atoms with Crippen LogP contribution in [0, 0.1) is 0 Å². The van der Waals surface area contributed by atoms with Gasteiger partial charge >= 0.3 is 0 Å². The summed E-state index contributed by atoms with van der Waals surface area (Å²) in [6, 6.07) is 9.34. The lowest BCUT2D eigenvalue weighted by atomic mass is 10.3. The van der Waals surface area contributed by atoms with Crippen LogP contribution in [0.1, 0.15) is 5.76 Å². The topological polar surface area (TPSA) is 88.8 Å². The van der Waals surface area contributed by atoms with Gasteiger partial charge in [0.25, 0.3) is 0 Å². The minimum absolute atomic E-state index is 0.0925.